The predicted octanol–water partition coefficient (Wildman–Crippen LogP) is 4.00. The van der Waals surface area contributed by atoms with Crippen LogP contribution in [0.5, 0.6) is 5.75 Å². The van der Waals surface area contributed by atoms with Crippen LogP contribution in [-0.2, 0) is 11.3 Å². The van der Waals surface area contributed by atoms with E-state index in [4.69, 9.17) is 19.9 Å². The van der Waals surface area contributed by atoms with Crippen molar-refractivity contribution in [3.05, 3.63) is 41.7 Å². The first-order valence-electron chi connectivity index (χ1n) is 9.88. The highest BCUT2D eigenvalue weighted by Crippen LogP contribution is 2.36. The van der Waals surface area contributed by atoms with Gasteiger partial charge < -0.3 is 19.4 Å². The van der Waals surface area contributed by atoms with Crippen LogP contribution in [0.15, 0.2) is 29.9 Å². The molecule has 0 radical (unpaired) electrons. The second-order valence-electron chi connectivity index (χ2n) is 7.36. The van der Waals surface area contributed by atoms with Gasteiger partial charge in [-0.15, -0.1) is 0 Å². The second-order valence-corrected chi connectivity index (χ2v) is 7.36. The summed E-state index contributed by atoms with van der Waals surface area (Å²) in [6.45, 7) is 15.5. The molecule has 154 valence electrons. The number of aliphatic imine (C=N–C) groups is 1. The number of amidine groups is 2. The Morgan fingerprint density at radius 1 is 1.45 bits per heavy atom. The summed E-state index contributed by atoms with van der Waals surface area (Å²) < 4.78 is 13.7. The van der Waals surface area contributed by atoms with Crippen molar-refractivity contribution in [2.45, 2.75) is 47.2 Å². The van der Waals surface area contributed by atoms with Gasteiger partial charge in [-0.3, -0.25) is 5.41 Å². The molecule has 0 bridgehead atoms. The molecule has 0 aliphatic carbocycles. The first-order chi connectivity index (χ1) is 13.8. The first-order valence-corrected chi connectivity index (χ1v) is 9.88. The Morgan fingerprint density at radius 2 is 2.21 bits per heavy atom. The number of benzene rings is 1. The average Bonchev–Trinajstić information content (AvgIpc) is 2.97. The normalized spacial score (nSPS) is 13.2. The van der Waals surface area contributed by atoms with Gasteiger partial charge in [-0.05, 0) is 52.3 Å². The van der Waals surface area contributed by atoms with Crippen LogP contribution in [0.1, 0.15) is 44.5 Å². The summed E-state index contributed by atoms with van der Waals surface area (Å²) in [5.74, 6) is 3.06. The molecule has 0 unspecified atom stereocenters. The average molecular weight is 396 g/mol. The maximum Gasteiger partial charge on any atom is 0.155 e. The first kappa shape index (κ1) is 20.6. The third-order valence-corrected chi connectivity index (χ3v) is 4.50. The molecule has 0 spiro atoms. The second kappa shape index (κ2) is 8.51. The van der Waals surface area contributed by atoms with Gasteiger partial charge in [0.15, 0.2) is 5.84 Å². The molecule has 0 saturated carbocycles. The summed E-state index contributed by atoms with van der Waals surface area (Å²) >= 11 is 0. The van der Waals surface area contributed by atoms with Gasteiger partial charge in [0.2, 0.25) is 0 Å². The molecule has 3 rings (SSSR count). The van der Waals surface area contributed by atoms with E-state index in [0.717, 1.165) is 28.3 Å². The number of imidazole rings is 1. The third-order valence-electron chi connectivity index (χ3n) is 4.50. The zero-order chi connectivity index (χ0) is 21.1. The van der Waals surface area contributed by atoms with Crippen LogP contribution >= 0.6 is 0 Å². The summed E-state index contributed by atoms with van der Waals surface area (Å²) in [6.07, 6.45) is 1.96. The Morgan fingerprint density at radius 3 is 2.86 bits per heavy atom. The molecule has 0 fully saturated rings. The molecule has 0 amide bonds. The van der Waals surface area contributed by atoms with E-state index in [1.165, 1.54) is 0 Å². The molecule has 1 aromatic carbocycles. The van der Waals surface area contributed by atoms with E-state index in [-0.39, 0.29) is 11.9 Å². The number of fused-ring (bicyclic) bond motifs is 3. The molecule has 1 aliphatic rings. The van der Waals surface area contributed by atoms with Crippen LogP contribution in [-0.4, -0.2) is 40.5 Å². The van der Waals surface area contributed by atoms with Crippen molar-refractivity contribution in [2.24, 2.45) is 4.99 Å². The highest BCUT2D eigenvalue weighted by atomic mass is 16.5. The number of aromatic nitrogens is 2. The lowest BCUT2D eigenvalue weighted by atomic mass is 10.0. The van der Waals surface area contributed by atoms with Gasteiger partial charge in [0.25, 0.3) is 0 Å². The Bertz CT molecular complexity index is 972. The minimum Gasteiger partial charge on any atom is -0.494 e. The van der Waals surface area contributed by atoms with Gasteiger partial charge >= 0.3 is 0 Å². The molecule has 1 aliphatic heterocycles. The van der Waals surface area contributed by atoms with E-state index in [9.17, 15) is 0 Å². The largest absolute Gasteiger partial charge is 0.494 e. The van der Waals surface area contributed by atoms with Gasteiger partial charge in [0.1, 0.15) is 35.5 Å². The lowest BCUT2D eigenvalue weighted by Crippen LogP contribution is -2.32. The molecule has 2 heterocycles. The zero-order valence-electron chi connectivity index (χ0n) is 17.8. The van der Waals surface area contributed by atoms with E-state index in [2.05, 4.69) is 21.5 Å². The Balaban J connectivity index is 2.12. The van der Waals surface area contributed by atoms with E-state index in [1.54, 1.807) is 6.92 Å². The quantitative estimate of drug-likeness (QED) is 0.455. The van der Waals surface area contributed by atoms with E-state index in [1.807, 2.05) is 46.0 Å². The van der Waals surface area contributed by atoms with Crippen LogP contribution in [0.4, 0.5) is 0 Å². The number of rotatable bonds is 5. The topological polar surface area (TPSA) is 84.5 Å². The molecule has 7 heteroatoms. The van der Waals surface area contributed by atoms with Crippen molar-refractivity contribution in [1.82, 2.24) is 14.9 Å². The highest BCUT2D eigenvalue weighted by molar-refractivity contribution is 6.04. The summed E-state index contributed by atoms with van der Waals surface area (Å²) in [7, 11) is 0. The molecule has 2 N–H and O–H groups in total. The van der Waals surface area contributed by atoms with Crippen molar-refractivity contribution >= 4 is 17.4 Å². The Kier molecular flexibility index (Phi) is 6.06. The number of hydrogen-bond donors (Lipinski definition) is 2. The Hall–Kier alpha value is -3.09. The van der Waals surface area contributed by atoms with Crippen molar-refractivity contribution in [3.63, 3.8) is 0 Å². The smallest absolute Gasteiger partial charge is 0.155 e. The molecule has 2 aromatic rings. The maximum atomic E-state index is 7.77. The van der Waals surface area contributed by atoms with E-state index >= 15 is 0 Å². The molecular formula is C22H29N5O2. The number of ether oxygens (including phenoxy) is 2. The summed E-state index contributed by atoms with van der Waals surface area (Å²) in [5.41, 5.74) is 3.59. The van der Waals surface area contributed by atoms with Gasteiger partial charge in [0.05, 0.1) is 18.7 Å². The fraction of sp³-hybridized carbons (Fsp3) is 0.409. The van der Waals surface area contributed by atoms with Crippen molar-refractivity contribution in [2.75, 3.05) is 13.2 Å². The number of aryl methyl sites for hydroxylation is 1. The van der Waals surface area contributed by atoms with Crippen LogP contribution < -0.4 is 10.1 Å². The maximum absolute atomic E-state index is 7.77. The molecule has 29 heavy (non-hydrogen) atoms. The number of nitrogens with one attached hydrogen (secondary N) is 2. The predicted molar refractivity (Wildman–Crippen MR) is 117 cm³/mol. The molecule has 0 saturated heterocycles. The Labute approximate surface area is 172 Å². The van der Waals surface area contributed by atoms with Gasteiger partial charge in [0, 0.05) is 17.8 Å². The number of nitrogens with zero attached hydrogens (tertiary/aromatic N) is 3. The lowest BCUT2D eigenvalue weighted by Gasteiger charge is -2.14. The van der Waals surface area contributed by atoms with Crippen LogP contribution in [0.2, 0.25) is 0 Å². The summed E-state index contributed by atoms with van der Waals surface area (Å²) in [4.78, 5) is 9.20. The molecule has 7 nitrogen and oxygen atoms in total. The minimum absolute atomic E-state index is 0.175. The van der Waals surface area contributed by atoms with E-state index < -0.39 is 0 Å². The van der Waals surface area contributed by atoms with Crippen LogP contribution in [0.3, 0.4) is 0 Å². The molecule has 0 atom stereocenters. The standard InChI is InChI=1S/C22H29N5O2/c1-7-28-15(5)17-11-18-20(10-14(17)4)29-9-8-27-12-19(26-22(18)27)21(24-13(2)3)25-16(6)23/h10-13H,5,7-9H2,1-4,6H3,(H2,23,24,25). The molecule has 1 aromatic heterocycles. The van der Waals surface area contributed by atoms with E-state index in [0.29, 0.717) is 37.0 Å². The number of hydrogen-bond acceptors (Lipinski definition) is 4. The summed E-state index contributed by atoms with van der Waals surface area (Å²) in [6, 6.07) is 4.22. The van der Waals surface area contributed by atoms with Gasteiger partial charge in [-0.25, -0.2) is 9.98 Å². The van der Waals surface area contributed by atoms with Gasteiger partial charge in [-0.2, -0.15) is 0 Å². The van der Waals surface area contributed by atoms with Crippen LogP contribution in [0.25, 0.3) is 17.1 Å². The lowest BCUT2D eigenvalue weighted by molar-refractivity contribution is 0.298. The fourth-order valence-corrected chi connectivity index (χ4v) is 3.30. The van der Waals surface area contributed by atoms with Gasteiger partial charge in [-0.1, -0.05) is 6.58 Å². The van der Waals surface area contributed by atoms with Crippen LogP contribution in [0, 0.1) is 12.3 Å². The van der Waals surface area contributed by atoms with Crippen molar-refractivity contribution in [1.29, 1.82) is 5.41 Å². The zero-order valence-corrected chi connectivity index (χ0v) is 17.8. The SMILES string of the molecule is C=C(OCC)c1cc2c(cc1C)OCCn1cc(/C(=N/C(C)=N)NC(C)C)nc1-2. The van der Waals surface area contributed by atoms with Crippen molar-refractivity contribution < 1.29 is 9.47 Å². The monoisotopic (exact) mass is 395 g/mol. The summed E-state index contributed by atoms with van der Waals surface area (Å²) in [5, 5.41) is 11.1. The fourth-order valence-electron chi connectivity index (χ4n) is 3.30. The highest BCUT2D eigenvalue weighted by Gasteiger charge is 2.22. The van der Waals surface area contributed by atoms with Crippen molar-refractivity contribution in [3.8, 4) is 17.1 Å². The minimum atomic E-state index is 0.175. The third kappa shape index (κ3) is 4.50. The molecular weight excluding hydrogens is 366 g/mol.